The first-order valence-corrected chi connectivity index (χ1v) is 8.95. The number of aromatic nitrogens is 2. The van der Waals surface area contributed by atoms with Gasteiger partial charge in [-0.3, -0.25) is 4.57 Å². The predicted molar refractivity (Wildman–Crippen MR) is 110 cm³/mol. The van der Waals surface area contributed by atoms with Crippen molar-refractivity contribution in [1.29, 1.82) is 0 Å². The van der Waals surface area contributed by atoms with E-state index in [1.165, 1.54) is 0 Å². The molecule has 0 aliphatic heterocycles. The standard InChI is InChI=1S/C23H20N2O3/c1-27-19-9-3-6-16(12-19)14-25-15-18-8-5-11-21(22(18)24-23(25)26)17-7-4-10-20(13-17)28-2/h3-13,15H,14H2,1-2H3. The van der Waals surface area contributed by atoms with Crippen LogP contribution in [-0.2, 0) is 6.54 Å². The normalized spacial score (nSPS) is 10.8. The molecule has 5 heteroatoms. The second-order valence-electron chi connectivity index (χ2n) is 6.48. The maximum atomic E-state index is 12.7. The molecule has 0 fully saturated rings. The summed E-state index contributed by atoms with van der Waals surface area (Å²) >= 11 is 0. The van der Waals surface area contributed by atoms with Crippen molar-refractivity contribution in [3.05, 3.63) is 89.0 Å². The summed E-state index contributed by atoms with van der Waals surface area (Å²) < 4.78 is 12.2. The number of para-hydroxylation sites is 1. The first-order chi connectivity index (χ1) is 13.7. The van der Waals surface area contributed by atoms with Crippen molar-refractivity contribution in [2.75, 3.05) is 14.2 Å². The van der Waals surface area contributed by atoms with Gasteiger partial charge in [-0.2, -0.15) is 4.98 Å². The fourth-order valence-corrected chi connectivity index (χ4v) is 3.28. The summed E-state index contributed by atoms with van der Waals surface area (Å²) in [6.07, 6.45) is 1.85. The Bertz CT molecular complexity index is 1200. The van der Waals surface area contributed by atoms with Crippen molar-refractivity contribution in [3.63, 3.8) is 0 Å². The van der Waals surface area contributed by atoms with Gasteiger partial charge in [0.1, 0.15) is 11.5 Å². The predicted octanol–water partition coefficient (Wildman–Crippen LogP) is 4.13. The molecule has 4 aromatic rings. The SMILES string of the molecule is COc1cccc(Cn2cc3cccc(-c4cccc(OC)c4)c3nc2=O)c1. The molecule has 0 bridgehead atoms. The van der Waals surface area contributed by atoms with E-state index in [9.17, 15) is 4.79 Å². The van der Waals surface area contributed by atoms with Crippen LogP contribution in [0, 0.1) is 0 Å². The number of ether oxygens (including phenoxy) is 2. The van der Waals surface area contributed by atoms with E-state index in [1.807, 2.05) is 72.9 Å². The van der Waals surface area contributed by atoms with Crippen LogP contribution in [0.2, 0.25) is 0 Å². The second-order valence-corrected chi connectivity index (χ2v) is 6.48. The van der Waals surface area contributed by atoms with Crippen LogP contribution >= 0.6 is 0 Å². The zero-order valence-electron chi connectivity index (χ0n) is 15.8. The van der Waals surface area contributed by atoms with Gasteiger partial charge in [-0.1, -0.05) is 42.5 Å². The monoisotopic (exact) mass is 372 g/mol. The summed E-state index contributed by atoms with van der Waals surface area (Å²) in [7, 11) is 3.26. The maximum Gasteiger partial charge on any atom is 0.348 e. The Labute approximate surface area is 162 Å². The number of nitrogens with zero attached hydrogens (tertiary/aromatic N) is 2. The number of hydrogen-bond donors (Lipinski definition) is 0. The molecule has 28 heavy (non-hydrogen) atoms. The van der Waals surface area contributed by atoms with Crippen molar-refractivity contribution >= 4 is 10.9 Å². The topological polar surface area (TPSA) is 53.4 Å². The molecule has 0 unspecified atom stereocenters. The molecule has 140 valence electrons. The molecule has 3 aromatic carbocycles. The summed E-state index contributed by atoms with van der Waals surface area (Å²) in [5.41, 5.74) is 3.24. The molecule has 0 amide bonds. The maximum absolute atomic E-state index is 12.7. The van der Waals surface area contributed by atoms with Gasteiger partial charge in [0.25, 0.3) is 0 Å². The fourth-order valence-electron chi connectivity index (χ4n) is 3.28. The number of rotatable bonds is 5. The van der Waals surface area contributed by atoms with Crippen LogP contribution in [0.1, 0.15) is 5.56 Å². The van der Waals surface area contributed by atoms with Crippen LogP contribution < -0.4 is 15.2 Å². The molecule has 0 N–H and O–H groups in total. The van der Waals surface area contributed by atoms with E-state index in [0.717, 1.165) is 33.6 Å². The van der Waals surface area contributed by atoms with E-state index in [0.29, 0.717) is 12.1 Å². The van der Waals surface area contributed by atoms with Crippen molar-refractivity contribution in [1.82, 2.24) is 9.55 Å². The molecule has 0 radical (unpaired) electrons. The van der Waals surface area contributed by atoms with Gasteiger partial charge in [-0.05, 0) is 35.4 Å². The van der Waals surface area contributed by atoms with Gasteiger partial charge in [0.2, 0.25) is 0 Å². The van der Waals surface area contributed by atoms with Gasteiger partial charge in [0, 0.05) is 17.1 Å². The molecule has 1 heterocycles. The minimum absolute atomic E-state index is 0.286. The summed E-state index contributed by atoms with van der Waals surface area (Å²) in [5.74, 6) is 1.53. The zero-order chi connectivity index (χ0) is 19.5. The Morgan fingerprint density at radius 1 is 0.893 bits per heavy atom. The number of fused-ring (bicyclic) bond motifs is 1. The van der Waals surface area contributed by atoms with Gasteiger partial charge in [-0.15, -0.1) is 0 Å². The molecule has 0 saturated carbocycles. The number of benzene rings is 3. The molecule has 0 saturated heterocycles. The minimum Gasteiger partial charge on any atom is -0.497 e. The highest BCUT2D eigenvalue weighted by molar-refractivity contribution is 5.93. The Morgan fingerprint density at radius 3 is 2.39 bits per heavy atom. The van der Waals surface area contributed by atoms with Crippen molar-refractivity contribution in [2.45, 2.75) is 6.54 Å². The van der Waals surface area contributed by atoms with Crippen molar-refractivity contribution in [3.8, 4) is 22.6 Å². The van der Waals surface area contributed by atoms with Gasteiger partial charge >= 0.3 is 5.69 Å². The quantitative estimate of drug-likeness (QED) is 0.529. The lowest BCUT2D eigenvalue weighted by atomic mass is 10.0. The van der Waals surface area contributed by atoms with E-state index < -0.39 is 0 Å². The third-order valence-electron chi connectivity index (χ3n) is 4.68. The highest BCUT2D eigenvalue weighted by atomic mass is 16.5. The molecule has 0 aliphatic carbocycles. The van der Waals surface area contributed by atoms with Gasteiger partial charge in [0.05, 0.1) is 26.3 Å². The lowest BCUT2D eigenvalue weighted by Gasteiger charge is -2.11. The molecule has 0 aliphatic rings. The van der Waals surface area contributed by atoms with Crippen LogP contribution in [0.5, 0.6) is 11.5 Å². The van der Waals surface area contributed by atoms with Gasteiger partial charge in [-0.25, -0.2) is 4.79 Å². The molecule has 5 nitrogen and oxygen atoms in total. The Balaban J connectivity index is 1.78. The van der Waals surface area contributed by atoms with Gasteiger partial charge in [0.15, 0.2) is 0 Å². The van der Waals surface area contributed by atoms with Crippen LogP contribution in [-0.4, -0.2) is 23.8 Å². The molecular weight excluding hydrogens is 352 g/mol. The summed E-state index contributed by atoms with van der Waals surface area (Å²) in [6, 6.07) is 21.3. The summed E-state index contributed by atoms with van der Waals surface area (Å²) in [5, 5.41) is 0.905. The van der Waals surface area contributed by atoms with Crippen molar-refractivity contribution < 1.29 is 9.47 Å². The first kappa shape index (κ1) is 17.8. The Kier molecular flexibility index (Phi) is 4.81. The fraction of sp³-hybridized carbons (Fsp3) is 0.130. The largest absolute Gasteiger partial charge is 0.497 e. The van der Waals surface area contributed by atoms with Crippen molar-refractivity contribution in [2.24, 2.45) is 0 Å². The van der Waals surface area contributed by atoms with Crippen LogP contribution in [0.4, 0.5) is 0 Å². The van der Waals surface area contributed by atoms with E-state index in [2.05, 4.69) is 4.98 Å². The summed E-state index contributed by atoms with van der Waals surface area (Å²) in [6.45, 7) is 0.433. The summed E-state index contributed by atoms with van der Waals surface area (Å²) in [4.78, 5) is 17.1. The van der Waals surface area contributed by atoms with Gasteiger partial charge < -0.3 is 9.47 Å². The number of methoxy groups -OCH3 is 2. The number of hydrogen-bond acceptors (Lipinski definition) is 4. The van der Waals surface area contributed by atoms with E-state index >= 15 is 0 Å². The van der Waals surface area contributed by atoms with Crippen LogP contribution in [0.25, 0.3) is 22.0 Å². The van der Waals surface area contributed by atoms with E-state index in [4.69, 9.17) is 9.47 Å². The zero-order valence-corrected chi connectivity index (χ0v) is 15.8. The highest BCUT2D eigenvalue weighted by Gasteiger charge is 2.09. The lowest BCUT2D eigenvalue weighted by molar-refractivity contribution is 0.414. The minimum atomic E-state index is -0.286. The highest BCUT2D eigenvalue weighted by Crippen LogP contribution is 2.29. The van der Waals surface area contributed by atoms with E-state index in [1.54, 1.807) is 18.8 Å². The molecule has 0 spiro atoms. The average molecular weight is 372 g/mol. The second kappa shape index (κ2) is 7.56. The lowest BCUT2D eigenvalue weighted by Crippen LogP contribution is -2.23. The Hall–Kier alpha value is -3.60. The van der Waals surface area contributed by atoms with Crippen LogP contribution in [0.3, 0.4) is 0 Å². The molecule has 4 rings (SSSR count). The smallest absolute Gasteiger partial charge is 0.348 e. The molecule has 1 aromatic heterocycles. The Morgan fingerprint density at radius 2 is 1.61 bits per heavy atom. The molecule has 0 atom stereocenters. The first-order valence-electron chi connectivity index (χ1n) is 8.95. The molecular formula is C23H20N2O3. The van der Waals surface area contributed by atoms with Crippen LogP contribution in [0.15, 0.2) is 77.7 Å². The third kappa shape index (κ3) is 3.47. The third-order valence-corrected chi connectivity index (χ3v) is 4.68. The van der Waals surface area contributed by atoms with E-state index in [-0.39, 0.29) is 5.69 Å². The average Bonchev–Trinajstić information content (AvgIpc) is 2.74.